The minimum atomic E-state index is -0.261. The molecule has 10 rings (SSSR count). The van der Waals surface area contributed by atoms with Gasteiger partial charge in [-0.15, -0.1) is 0 Å². The van der Waals surface area contributed by atoms with Crippen molar-refractivity contribution in [1.82, 2.24) is 10.6 Å². The highest BCUT2D eigenvalue weighted by molar-refractivity contribution is 6.14. The summed E-state index contributed by atoms with van der Waals surface area (Å²) in [5.74, 6) is 0.849. The lowest BCUT2D eigenvalue weighted by atomic mass is 9.93. The monoisotopic (exact) mass is 629 g/mol. The summed E-state index contributed by atoms with van der Waals surface area (Å²) in [5, 5.41) is 17.3. The zero-order valence-corrected chi connectivity index (χ0v) is 26.6. The molecule has 0 bridgehead atoms. The summed E-state index contributed by atoms with van der Waals surface area (Å²) < 4.78 is 6.28. The summed E-state index contributed by atoms with van der Waals surface area (Å²) in [7, 11) is 0. The molecule has 0 spiro atoms. The molecule has 0 saturated carbocycles. The van der Waals surface area contributed by atoms with E-state index in [1.54, 1.807) is 0 Å². The normalized spacial score (nSPS) is 16.4. The lowest BCUT2D eigenvalue weighted by molar-refractivity contribution is 0.411. The summed E-state index contributed by atoms with van der Waals surface area (Å²) in [5.41, 5.74) is 7.45. The van der Waals surface area contributed by atoms with Gasteiger partial charge in [0.15, 0.2) is 0 Å². The zero-order chi connectivity index (χ0) is 32.3. The molecule has 9 aromatic rings. The summed E-state index contributed by atoms with van der Waals surface area (Å²) in [6.07, 6.45) is -0.471. The Hall–Kier alpha value is -6.23. The van der Waals surface area contributed by atoms with Gasteiger partial charge in [-0.2, -0.15) is 0 Å². The second-order valence-electron chi connectivity index (χ2n) is 12.8. The van der Waals surface area contributed by atoms with Crippen molar-refractivity contribution in [3.63, 3.8) is 0 Å². The minimum Gasteiger partial charge on any atom is -0.456 e. The van der Waals surface area contributed by atoms with Crippen LogP contribution in [0.2, 0.25) is 0 Å². The van der Waals surface area contributed by atoms with Crippen LogP contribution in [0.15, 0.2) is 173 Å². The standard InChI is InChI=1S/C45H31N3O/c1-2-11-31-26-33(25-20-28(31)10-1)44-46-43(47-45(48-44)38-17-9-19-41-42(38)37-16-7-8-18-40(37)49-41)30-23-21-29(22-24-30)39-27-32-12-3-4-13-34(32)35-14-5-6-15-36(35)39/h1-27,44-45,48H,(H,46,47). The molecule has 4 nitrogen and oxygen atoms in total. The Labute approximate surface area is 283 Å². The van der Waals surface area contributed by atoms with Gasteiger partial charge in [-0.3, -0.25) is 5.32 Å². The zero-order valence-electron chi connectivity index (χ0n) is 26.6. The highest BCUT2D eigenvalue weighted by atomic mass is 16.3. The molecule has 0 radical (unpaired) electrons. The van der Waals surface area contributed by atoms with Crippen LogP contribution < -0.4 is 10.6 Å². The first-order valence-corrected chi connectivity index (χ1v) is 16.8. The topological polar surface area (TPSA) is 49.6 Å². The fraction of sp³-hybridized carbons (Fsp3) is 0.0444. The predicted octanol–water partition coefficient (Wildman–Crippen LogP) is 11.0. The highest BCUT2D eigenvalue weighted by Gasteiger charge is 2.28. The smallest absolute Gasteiger partial charge is 0.135 e. The molecule has 0 saturated heterocycles. The van der Waals surface area contributed by atoms with Gasteiger partial charge in [0.05, 0.1) is 0 Å². The molecular formula is C45H31N3O. The maximum Gasteiger partial charge on any atom is 0.135 e. The number of para-hydroxylation sites is 1. The van der Waals surface area contributed by atoms with Crippen molar-refractivity contribution < 1.29 is 4.42 Å². The van der Waals surface area contributed by atoms with E-state index in [0.29, 0.717) is 0 Å². The summed E-state index contributed by atoms with van der Waals surface area (Å²) in [6, 6.07) is 58.1. The summed E-state index contributed by atoms with van der Waals surface area (Å²) in [6.45, 7) is 0. The predicted molar refractivity (Wildman–Crippen MR) is 203 cm³/mol. The number of fused-ring (bicyclic) bond motifs is 7. The van der Waals surface area contributed by atoms with Crippen LogP contribution in [0.1, 0.15) is 29.0 Å². The molecule has 1 aliphatic rings. The lowest BCUT2D eigenvalue weighted by Crippen LogP contribution is -2.45. The average molecular weight is 630 g/mol. The molecule has 2 atom stereocenters. The number of nitrogens with one attached hydrogen (secondary N) is 2. The molecule has 2 heterocycles. The van der Waals surface area contributed by atoms with Gasteiger partial charge in [-0.25, -0.2) is 4.99 Å². The Balaban J connectivity index is 1.09. The average Bonchev–Trinajstić information content (AvgIpc) is 3.56. The second kappa shape index (κ2) is 11.2. The number of nitrogens with zero attached hydrogens (tertiary/aromatic N) is 1. The Kier molecular flexibility index (Phi) is 6.36. The van der Waals surface area contributed by atoms with Crippen molar-refractivity contribution >= 4 is 60.1 Å². The van der Waals surface area contributed by atoms with Crippen LogP contribution in [0, 0.1) is 0 Å². The molecule has 2 unspecified atom stereocenters. The first-order valence-electron chi connectivity index (χ1n) is 16.8. The van der Waals surface area contributed by atoms with E-state index in [4.69, 9.17) is 9.41 Å². The quantitative estimate of drug-likeness (QED) is 0.190. The fourth-order valence-corrected chi connectivity index (χ4v) is 7.56. The maximum atomic E-state index is 6.28. The van der Waals surface area contributed by atoms with Gasteiger partial charge in [-0.1, -0.05) is 140 Å². The van der Waals surface area contributed by atoms with Crippen molar-refractivity contribution in [2.24, 2.45) is 4.99 Å². The molecule has 8 aromatic carbocycles. The van der Waals surface area contributed by atoms with E-state index in [1.165, 1.54) is 43.4 Å². The maximum absolute atomic E-state index is 6.28. The molecule has 0 fully saturated rings. The van der Waals surface area contributed by atoms with Gasteiger partial charge in [0.2, 0.25) is 0 Å². The first kappa shape index (κ1) is 27.8. The molecule has 1 aromatic heterocycles. The Morgan fingerprint density at radius 1 is 0.490 bits per heavy atom. The van der Waals surface area contributed by atoms with Crippen LogP contribution >= 0.6 is 0 Å². The van der Waals surface area contributed by atoms with Crippen LogP contribution in [-0.4, -0.2) is 5.84 Å². The van der Waals surface area contributed by atoms with Crippen molar-refractivity contribution in [2.45, 2.75) is 12.3 Å². The van der Waals surface area contributed by atoms with E-state index in [0.717, 1.165) is 44.5 Å². The van der Waals surface area contributed by atoms with Crippen molar-refractivity contribution in [3.05, 3.63) is 180 Å². The van der Waals surface area contributed by atoms with E-state index in [2.05, 4.69) is 156 Å². The van der Waals surface area contributed by atoms with E-state index in [-0.39, 0.29) is 12.3 Å². The molecule has 0 aliphatic carbocycles. The van der Waals surface area contributed by atoms with Crippen molar-refractivity contribution in [3.8, 4) is 11.1 Å². The summed E-state index contributed by atoms with van der Waals surface area (Å²) in [4.78, 5) is 5.30. The Morgan fingerprint density at radius 2 is 1.16 bits per heavy atom. The van der Waals surface area contributed by atoms with Gasteiger partial charge in [0, 0.05) is 21.9 Å². The van der Waals surface area contributed by atoms with Crippen LogP contribution in [0.3, 0.4) is 0 Å². The number of hydrogen-bond acceptors (Lipinski definition) is 4. The lowest BCUT2D eigenvalue weighted by Gasteiger charge is -2.32. The molecule has 0 amide bonds. The number of furan rings is 1. The van der Waals surface area contributed by atoms with Gasteiger partial charge in [0.25, 0.3) is 0 Å². The Bertz CT molecular complexity index is 2740. The van der Waals surface area contributed by atoms with Crippen molar-refractivity contribution in [1.29, 1.82) is 0 Å². The molecule has 49 heavy (non-hydrogen) atoms. The number of hydrogen-bond donors (Lipinski definition) is 2. The van der Waals surface area contributed by atoms with Gasteiger partial charge in [-0.05, 0) is 73.3 Å². The summed E-state index contributed by atoms with van der Waals surface area (Å²) >= 11 is 0. The molecule has 2 N–H and O–H groups in total. The van der Waals surface area contributed by atoms with Crippen LogP contribution in [0.4, 0.5) is 0 Å². The van der Waals surface area contributed by atoms with E-state index in [1.807, 2.05) is 18.2 Å². The van der Waals surface area contributed by atoms with Crippen molar-refractivity contribution in [2.75, 3.05) is 0 Å². The second-order valence-corrected chi connectivity index (χ2v) is 12.8. The third-order valence-corrected chi connectivity index (χ3v) is 9.94. The van der Waals surface area contributed by atoms with Gasteiger partial charge < -0.3 is 9.73 Å². The third-order valence-electron chi connectivity index (χ3n) is 9.94. The number of rotatable bonds is 4. The molecule has 232 valence electrons. The number of amidine groups is 1. The largest absolute Gasteiger partial charge is 0.456 e. The molecular weight excluding hydrogens is 599 g/mol. The van der Waals surface area contributed by atoms with Crippen LogP contribution in [0.5, 0.6) is 0 Å². The molecule has 4 heteroatoms. The van der Waals surface area contributed by atoms with E-state index >= 15 is 0 Å². The third kappa shape index (κ3) is 4.68. The van der Waals surface area contributed by atoms with Gasteiger partial charge >= 0.3 is 0 Å². The Morgan fingerprint density at radius 3 is 2.02 bits per heavy atom. The van der Waals surface area contributed by atoms with Crippen LogP contribution in [-0.2, 0) is 0 Å². The molecule has 1 aliphatic heterocycles. The number of aliphatic imine (C=N–C) groups is 1. The van der Waals surface area contributed by atoms with Crippen LogP contribution in [0.25, 0.3) is 65.4 Å². The van der Waals surface area contributed by atoms with E-state index < -0.39 is 0 Å². The fourth-order valence-electron chi connectivity index (χ4n) is 7.56. The first-order chi connectivity index (χ1) is 24.3. The number of benzene rings is 8. The van der Waals surface area contributed by atoms with E-state index in [9.17, 15) is 0 Å². The van der Waals surface area contributed by atoms with Gasteiger partial charge in [0.1, 0.15) is 29.3 Å². The highest BCUT2D eigenvalue weighted by Crippen LogP contribution is 2.37. The SMILES string of the molecule is c1ccc2cc(C3N=C(c4ccc(-c5cc6ccccc6c6ccccc56)cc4)NC(c4cccc5oc6ccccc6c45)N3)ccc2c1. The minimum absolute atomic E-state index is 0.210.